The van der Waals surface area contributed by atoms with Crippen molar-refractivity contribution < 1.29 is 18.3 Å². The van der Waals surface area contributed by atoms with E-state index in [0.29, 0.717) is 6.42 Å². The van der Waals surface area contributed by atoms with Gasteiger partial charge in [0.15, 0.2) is 9.84 Å². The molecule has 0 saturated heterocycles. The fourth-order valence-corrected chi connectivity index (χ4v) is 2.26. The Morgan fingerprint density at radius 2 is 2.00 bits per heavy atom. The number of sulfone groups is 1. The number of nitrogens with one attached hydrogen (secondary N) is 1. The van der Waals surface area contributed by atoms with Crippen molar-refractivity contribution in [3.05, 3.63) is 41.8 Å². The highest BCUT2D eigenvalue weighted by Gasteiger charge is 2.10. The average molecular weight is 283 g/mol. The lowest BCUT2D eigenvalue weighted by atomic mass is 10.3. The van der Waals surface area contributed by atoms with E-state index in [-0.39, 0.29) is 11.4 Å². The number of benzene rings is 1. The Labute approximate surface area is 112 Å². The monoisotopic (exact) mass is 283 g/mol. The Balaban J connectivity index is 2.63. The first-order valence-electron chi connectivity index (χ1n) is 5.90. The molecule has 1 unspecified atom stereocenters. The van der Waals surface area contributed by atoms with Crippen molar-refractivity contribution in [3.63, 3.8) is 0 Å². The van der Waals surface area contributed by atoms with Crippen LogP contribution in [-0.4, -0.2) is 32.1 Å². The van der Waals surface area contributed by atoms with E-state index < -0.39 is 21.8 Å². The van der Waals surface area contributed by atoms with Gasteiger partial charge in [-0.25, -0.2) is 8.42 Å². The Kier molecular flexibility index (Phi) is 5.72. The minimum atomic E-state index is -3.60. The van der Waals surface area contributed by atoms with Crippen molar-refractivity contribution in [1.29, 1.82) is 0 Å². The first-order valence-corrected chi connectivity index (χ1v) is 7.44. The molecule has 1 aromatic carbocycles. The molecule has 0 spiro atoms. The van der Waals surface area contributed by atoms with Gasteiger partial charge in [0.25, 0.3) is 0 Å². The quantitative estimate of drug-likeness (QED) is 0.759. The molecule has 0 heterocycles. The van der Waals surface area contributed by atoms with Crippen LogP contribution >= 0.6 is 0 Å². The summed E-state index contributed by atoms with van der Waals surface area (Å²) in [4.78, 5) is 11.5. The molecule has 0 aliphatic heterocycles. The van der Waals surface area contributed by atoms with Crippen molar-refractivity contribution in [3.8, 4) is 0 Å². The molecule has 1 aromatic rings. The fourth-order valence-electron chi connectivity index (χ4n) is 1.26. The normalized spacial score (nSPS) is 13.4. The van der Waals surface area contributed by atoms with E-state index in [4.69, 9.17) is 0 Å². The summed E-state index contributed by atoms with van der Waals surface area (Å²) in [5.41, 5.74) is 0. The molecule has 104 valence electrons. The Bertz CT molecular complexity index is 537. The molecule has 6 heteroatoms. The van der Waals surface area contributed by atoms with E-state index in [9.17, 15) is 18.3 Å². The number of carbonyl (C=O) groups excluding carboxylic acids is 1. The van der Waals surface area contributed by atoms with Crippen molar-refractivity contribution in [2.45, 2.75) is 24.3 Å². The highest BCUT2D eigenvalue weighted by atomic mass is 32.2. The van der Waals surface area contributed by atoms with E-state index >= 15 is 0 Å². The van der Waals surface area contributed by atoms with Gasteiger partial charge in [-0.1, -0.05) is 25.1 Å². The van der Waals surface area contributed by atoms with Crippen LogP contribution in [0.25, 0.3) is 0 Å². The van der Waals surface area contributed by atoms with Gasteiger partial charge in [0.1, 0.15) is 0 Å². The van der Waals surface area contributed by atoms with Crippen LogP contribution in [0, 0.1) is 0 Å². The van der Waals surface area contributed by atoms with Gasteiger partial charge in [-0.05, 0) is 18.6 Å². The molecule has 1 amide bonds. The molecule has 19 heavy (non-hydrogen) atoms. The van der Waals surface area contributed by atoms with Gasteiger partial charge in [-0.3, -0.25) is 4.79 Å². The van der Waals surface area contributed by atoms with Crippen LogP contribution in [0.3, 0.4) is 0 Å². The van der Waals surface area contributed by atoms with Crippen LogP contribution in [0.15, 0.2) is 46.7 Å². The molecule has 2 N–H and O–H groups in total. The molecular formula is C13H17NO4S. The van der Waals surface area contributed by atoms with Gasteiger partial charge in [0.2, 0.25) is 5.91 Å². The van der Waals surface area contributed by atoms with Crippen LogP contribution in [0.5, 0.6) is 0 Å². The molecular weight excluding hydrogens is 266 g/mol. The Morgan fingerprint density at radius 1 is 1.37 bits per heavy atom. The SMILES string of the molecule is CCC(O)CNC(=O)/C=C/S(=O)(=O)c1ccccc1. The van der Waals surface area contributed by atoms with E-state index in [2.05, 4.69) is 5.32 Å². The number of aliphatic hydroxyl groups is 1. The Morgan fingerprint density at radius 3 is 2.58 bits per heavy atom. The van der Waals surface area contributed by atoms with Gasteiger partial charge < -0.3 is 10.4 Å². The fraction of sp³-hybridized carbons (Fsp3) is 0.308. The molecule has 0 aromatic heterocycles. The van der Waals surface area contributed by atoms with E-state index in [1.165, 1.54) is 12.1 Å². The smallest absolute Gasteiger partial charge is 0.244 e. The van der Waals surface area contributed by atoms with Crippen molar-refractivity contribution in [1.82, 2.24) is 5.32 Å². The number of carbonyl (C=O) groups is 1. The lowest BCUT2D eigenvalue weighted by Gasteiger charge is -2.07. The molecule has 0 fully saturated rings. The molecule has 0 radical (unpaired) electrons. The average Bonchev–Trinajstić information content (AvgIpc) is 2.43. The second-order valence-electron chi connectivity index (χ2n) is 3.97. The molecule has 0 saturated carbocycles. The number of aliphatic hydroxyl groups excluding tert-OH is 1. The lowest BCUT2D eigenvalue weighted by molar-refractivity contribution is -0.116. The third-order valence-corrected chi connectivity index (χ3v) is 3.88. The second-order valence-corrected chi connectivity index (χ2v) is 5.80. The topological polar surface area (TPSA) is 83.5 Å². The highest BCUT2D eigenvalue weighted by molar-refractivity contribution is 7.94. The molecule has 5 nitrogen and oxygen atoms in total. The van der Waals surface area contributed by atoms with Crippen LogP contribution in [0.1, 0.15) is 13.3 Å². The summed E-state index contributed by atoms with van der Waals surface area (Å²) in [5, 5.41) is 12.5. The van der Waals surface area contributed by atoms with Crippen molar-refractivity contribution in [2.75, 3.05) is 6.54 Å². The number of amides is 1. The van der Waals surface area contributed by atoms with Gasteiger partial charge in [0.05, 0.1) is 11.0 Å². The largest absolute Gasteiger partial charge is 0.391 e. The summed E-state index contributed by atoms with van der Waals surface area (Å²) < 4.78 is 23.6. The molecule has 0 aliphatic carbocycles. The van der Waals surface area contributed by atoms with Gasteiger partial charge in [-0.2, -0.15) is 0 Å². The first kappa shape index (κ1) is 15.4. The minimum absolute atomic E-state index is 0.102. The third kappa shape index (κ3) is 5.23. The molecule has 1 rings (SSSR count). The molecule has 0 bridgehead atoms. The lowest BCUT2D eigenvalue weighted by Crippen LogP contribution is -2.30. The summed E-state index contributed by atoms with van der Waals surface area (Å²) in [7, 11) is -3.60. The third-order valence-electron chi connectivity index (χ3n) is 2.45. The zero-order valence-electron chi connectivity index (χ0n) is 10.6. The summed E-state index contributed by atoms with van der Waals surface area (Å²) in [6, 6.07) is 7.84. The summed E-state index contributed by atoms with van der Waals surface area (Å²) >= 11 is 0. The summed E-state index contributed by atoms with van der Waals surface area (Å²) in [6.07, 6.45) is 0.847. The predicted molar refractivity (Wildman–Crippen MR) is 72.1 cm³/mol. The maximum absolute atomic E-state index is 11.8. The summed E-state index contributed by atoms with van der Waals surface area (Å²) in [6.45, 7) is 1.89. The predicted octanol–water partition coefficient (Wildman–Crippen LogP) is 0.861. The van der Waals surface area contributed by atoms with Gasteiger partial charge >= 0.3 is 0 Å². The van der Waals surface area contributed by atoms with Gasteiger partial charge in [-0.15, -0.1) is 0 Å². The number of rotatable bonds is 6. The van der Waals surface area contributed by atoms with Crippen LogP contribution in [0.2, 0.25) is 0 Å². The van der Waals surface area contributed by atoms with Crippen LogP contribution < -0.4 is 5.32 Å². The van der Waals surface area contributed by atoms with Crippen molar-refractivity contribution >= 4 is 15.7 Å². The maximum Gasteiger partial charge on any atom is 0.244 e. The first-order chi connectivity index (χ1) is 8.95. The van der Waals surface area contributed by atoms with Crippen molar-refractivity contribution in [2.24, 2.45) is 0 Å². The number of hydrogen-bond donors (Lipinski definition) is 2. The zero-order valence-corrected chi connectivity index (χ0v) is 11.4. The Hall–Kier alpha value is -1.66. The second kappa shape index (κ2) is 7.06. The van der Waals surface area contributed by atoms with E-state index in [1.54, 1.807) is 25.1 Å². The maximum atomic E-state index is 11.8. The zero-order chi connectivity index (χ0) is 14.3. The van der Waals surface area contributed by atoms with Gasteiger partial charge in [0, 0.05) is 18.0 Å². The van der Waals surface area contributed by atoms with Crippen LogP contribution in [0.4, 0.5) is 0 Å². The minimum Gasteiger partial charge on any atom is -0.391 e. The standard InChI is InChI=1S/C13H17NO4S/c1-2-11(15)10-14-13(16)8-9-19(17,18)12-6-4-3-5-7-12/h3-9,11,15H,2,10H2,1H3,(H,14,16)/b9-8+. The van der Waals surface area contributed by atoms with Crippen LogP contribution in [-0.2, 0) is 14.6 Å². The number of hydrogen-bond acceptors (Lipinski definition) is 4. The van der Waals surface area contributed by atoms with E-state index in [1.807, 2.05) is 0 Å². The van der Waals surface area contributed by atoms with E-state index in [0.717, 1.165) is 11.5 Å². The molecule has 0 aliphatic rings. The molecule has 1 atom stereocenters. The summed E-state index contributed by atoms with van der Waals surface area (Å²) in [5.74, 6) is -0.549. The highest BCUT2D eigenvalue weighted by Crippen LogP contribution is 2.10.